The van der Waals surface area contributed by atoms with Gasteiger partial charge in [-0.2, -0.15) is 0 Å². The summed E-state index contributed by atoms with van der Waals surface area (Å²) in [6.07, 6.45) is 5.19. The summed E-state index contributed by atoms with van der Waals surface area (Å²) in [6.45, 7) is 2.90. The van der Waals surface area contributed by atoms with Gasteiger partial charge in [-0.1, -0.05) is 11.6 Å². The molecule has 1 fully saturated rings. The molecule has 0 saturated carbocycles. The number of benzene rings is 1. The largest absolute Gasteiger partial charge is 0.505 e. The first-order valence-electron chi connectivity index (χ1n) is 8.23. The number of fused-ring (bicyclic) bond motifs is 1. The summed E-state index contributed by atoms with van der Waals surface area (Å²) >= 11 is 6.50. The minimum atomic E-state index is -0.129. The van der Waals surface area contributed by atoms with Crippen LogP contribution in [0, 0.1) is 0 Å². The Kier molecular flexibility index (Phi) is 4.53. The van der Waals surface area contributed by atoms with Crippen LogP contribution in [-0.4, -0.2) is 46.3 Å². The molecule has 1 saturated heterocycles. The van der Waals surface area contributed by atoms with Crippen LogP contribution in [0.3, 0.4) is 0 Å². The van der Waals surface area contributed by atoms with Crippen molar-refractivity contribution in [2.24, 2.45) is 0 Å². The first-order valence-corrected chi connectivity index (χ1v) is 8.61. The van der Waals surface area contributed by atoms with E-state index in [4.69, 9.17) is 16.3 Å². The Balaban J connectivity index is 1.90. The molecular formula is C19H18ClN3O2. The number of morpholine rings is 1. The molecule has 3 aromatic rings. The third-order valence-electron chi connectivity index (χ3n) is 4.57. The van der Waals surface area contributed by atoms with Gasteiger partial charge in [-0.15, -0.1) is 0 Å². The van der Waals surface area contributed by atoms with Crippen LogP contribution in [0.25, 0.3) is 10.9 Å². The standard InChI is InChI=1S/C19H18ClN3O2/c20-16-12-15(19(24)17-14(16)2-1-5-22-17)18(13-3-6-21-7-4-13)23-8-10-25-11-9-23/h1-7,12,18,24H,8-11H2. The molecule has 1 aliphatic rings. The summed E-state index contributed by atoms with van der Waals surface area (Å²) in [4.78, 5) is 10.7. The van der Waals surface area contributed by atoms with Gasteiger partial charge in [0.25, 0.3) is 0 Å². The zero-order chi connectivity index (χ0) is 17.2. The molecule has 2 aromatic heterocycles. The topological polar surface area (TPSA) is 58.5 Å². The highest BCUT2D eigenvalue weighted by atomic mass is 35.5. The van der Waals surface area contributed by atoms with Crippen molar-refractivity contribution in [1.29, 1.82) is 0 Å². The van der Waals surface area contributed by atoms with E-state index in [9.17, 15) is 5.11 Å². The van der Waals surface area contributed by atoms with Gasteiger partial charge in [0.1, 0.15) is 11.3 Å². The van der Waals surface area contributed by atoms with Gasteiger partial charge in [-0.05, 0) is 35.9 Å². The average Bonchev–Trinajstić information content (AvgIpc) is 2.68. The van der Waals surface area contributed by atoms with E-state index in [2.05, 4.69) is 14.9 Å². The maximum Gasteiger partial charge on any atom is 0.147 e. The summed E-state index contributed by atoms with van der Waals surface area (Å²) in [7, 11) is 0. The van der Waals surface area contributed by atoms with Crippen LogP contribution in [0.5, 0.6) is 5.75 Å². The van der Waals surface area contributed by atoms with Crippen molar-refractivity contribution in [1.82, 2.24) is 14.9 Å². The van der Waals surface area contributed by atoms with Crippen molar-refractivity contribution in [3.8, 4) is 5.75 Å². The second-order valence-electron chi connectivity index (χ2n) is 6.03. The molecule has 5 nitrogen and oxygen atoms in total. The summed E-state index contributed by atoms with van der Waals surface area (Å²) < 4.78 is 5.49. The molecular weight excluding hydrogens is 338 g/mol. The molecule has 3 heterocycles. The maximum atomic E-state index is 10.9. The van der Waals surface area contributed by atoms with Crippen LogP contribution in [0.2, 0.25) is 5.02 Å². The number of aromatic hydroxyl groups is 1. The molecule has 1 N–H and O–H groups in total. The van der Waals surface area contributed by atoms with Gasteiger partial charge in [0.15, 0.2) is 0 Å². The molecule has 1 atom stereocenters. The summed E-state index contributed by atoms with van der Waals surface area (Å²) in [5.74, 6) is 0.174. The predicted octanol–water partition coefficient (Wildman–Crippen LogP) is 3.41. The van der Waals surface area contributed by atoms with Crippen LogP contribution in [0.15, 0.2) is 48.9 Å². The Labute approximate surface area is 150 Å². The lowest BCUT2D eigenvalue weighted by Crippen LogP contribution is -2.39. The molecule has 4 rings (SSSR count). The number of pyridine rings is 2. The lowest BCUT2D eigenvalue weighted by atomic mass is 9.95. The number of ether oxygens (including phenoxy) is 1. The minimum absolute atomic E-state index is 0.129. The molecule has 128 valence electrons. The van der Waals surface area contributed by atoms with Gasteiger partial charge in [0, 0.05) is 42.6 Å². The number of nitrogens with zero attached hydrogens (tertiary/aromatic N) is 3. The SMILES string of the molecule is Oc1c(C(c2ccncc2)N2CCOCC2)cc(Cl)c2cccnc12. The molecule has 25 heavy (non-hydrogen) atoms. The van der Waals surface area contributed by atoms with Gasteiger partial charge in [-0.3, -0.25) is 14.9 Å². The van der Waals surface area contributed by atoms with Crippen molar-refractivity contribution in [2.75, 3.05) is 26.3 Å². The highest BCUT2D eigenvalue weighted by Gasteiger charge is 2.28. The van der Waals surface area contributed by atoms with E-state index in [0.717, 1.165) is 29.6 Å². The van der Waals surface area contributed by atoms with Crippen LogP contribution in [-0.2, 0) is 4.74 Å². The monoisotopic (exact) mass is 355 g/mol. The smallest absolute Gasteiger partial charge is 0.147 e. The summed E-state index contributed by atoms with van der Waals surface area (Å²) in [5, 5.41) is 12.3. The first kappa shape index (κ1) is 16.3. The Morgan fingerprint density at radius 1 is 1.12 bits per heavy atom. The Morgan fingerprint density at radius 2 is 1.88 bits per heavy atom. The molecule has 1 aromatic carbocycles. The fraction of sp³-hybridized carbons (Fsp3) is 0.263. The zero-order valence-electron chi connectivity index (χ0n) is 13.6. The van der Waals surface area contributed by atoms with E-state index in [1.807, 2.05) is 30.3 Å². The zero-order valence-corrected chi connectivity index (χ0v) is 14.4. The van der Waals surface area contributed by atoms with Gasteiger partial charge >= 0.3 is 0 Å². The van der Waals surface area contributed by atoms with Crippen LogP contribution in [0.1, 0.15) is 17.2 Å². The van der Waals surface area contributed by atoms with E-state index in [0.29, 0.717) is 23.8 Å². The molecule has 0 bridgehead atoms. The van der Waals surface area contributed by atoms with E-state index >= 15 is 0 Å². The van der Waals surface area contributed by atoms with E-state index in [1.54, 1.807) is 18.6 Å². The summed E-state index contributed by atoms with van der Waals surface area (Å²) in [6, 6.07) is 9.34. The fourth-order valence-corrected chi connectivity index (χ4v) is 3.65. The van der Waals surface area contributed by atoms with Crippen molar-refractivity contribution >= 4 is 22.5 Å². The predicted molar refractivity (Wildman–Crippen MR) is 96.9 cm³/mol. The summed E-state index contributed by atoms with van der Waals surface area (Å²) in [5.41, 5.74) is 2.33. The highest BCUT2D eigenvalue weighted by molar-refractivity contribution is 6.35. The molecule has 1 aliphatic heterocycles. The molecule has 0 spiro atoms. The van der Waals surface area contributed by atoms with Crippen molar-refractivity contribution in [3.05, 3.63) is 65.1 Å². The molecule has 0 amide bonds. The third kappa shape index (κ3) is 3.06. The van der Waals surface area contributed by atoms with E-state index < -0.39 is 0 Å². The fourth-order valence-electron chi connectivity index (χ4n) is 3.38. The minimum Gasteiger partial charge on any atom is -0.505 e. The maximum absolute atomic E-state index is 10.9. The number of hydrogen-bond donors (Lipinski definition) is 1. The molecule has 0 aliphatic carbocycles. The van der Waals surface area contributed by atoms with Crippen LogP contribution >= 0.6 is 11.6 Å². The Morgan fingerprint density at radius 3 is 2.64 bits per heavy atom. The van der Waals surface area contributed by atoms with Gasteiger partial charge < -0.3 is 9.84 Å². The second kappa shape index (κ2) is 6.96. The Bertz CT molecular complexity index is 882. The number of aromatic nitrogens is 2. The van der Waals surface area contributed by atoms with Crippen LogP contribution < -0.4 is 0 Å². The van der Waals surface area contributed by atoms with Gasteiger partial charge in [0.05, 0.1) is 24.3 Å². The van der Waals surface area contributed by atoms with Crippen molar-refractivity contribution in [3.63, 3.8) is 0 Å². The Hall–Kier alpha value is -2.21. The third-order valence-corrected chi connectivity index (χ3v) is 4.88. The first-order chi connectivity index (χ1) is 12.3. The average molecular weight is 356 g/mol. The van der Waals surface area contributed by atoms with Gasteiger partial charge in [-0.25, -0.2) is 0 Å². The number of halogens is 1. The number of hydrogen-bond acceptors (Lipinski definition) is 5. The number of phenols is 1. The molecule has 6 heteroatoms. The van der Waals surface area contributed by atoms with Crippen molar-refractivity contribution < 1.29 is 9.84 Å². The lowest BCUT2D eigenvalue weighted by molar-refractivity contribution is 0.0236. The highest BCUT2D eigenvalue weighted by Crippen LogP contribution is 2.40. The van der Waals surface area contributed by atoms with E-state index in [1.165, 1.54) is 0 Å². The number of phenolic OH excluding ortho intramolecular Hbond substituents is 1. The number of rotatable bonds is 3. The quantitative estimate of drug-likeness (QED) is 0.780. The van der Waals surface area contributed by atoms with Crippen molar-refractivity contribution in [2.45, 2.75) is 6.04 Å². The van der Waals surface area contributed by atoms with E-state index in [-0.39, 0.29) is 11.8 Å². The second-order valence-corrected chi connectivity index (χ2v) is 6.43. The molecule has 1 unspecified atom stereocenters. The van der Waals surface area contributed by atoms with Gasteiger partial charge in [0.2, 0.25) is 0 Å². The normalized spacial score (nSPS) is 16.8. The van der Waals surface area contributed by atoms with Crippen LogP contribution in [0.4, 0.5) is 0 Å². The molecule has 0 radical (unpaired) electrons. The lowest BCUT2D eigenvalue weighted by Gasteiger charge is -2.35.